The van der Waals surface area contributed by atoms with Gasteiger partial charge in [-0.25, -0.2) is 4.39 Å². The van der Waals surface area contributed by atoms with Gasteiger partial charge >= 0.3 is 0 Å². The molecule has 0 amide bonds. The summed E-state index contributed by atoms with van der Waals surface area (Å²) in [6, 6.07) is 13.3. The third-order valence-corrected chi connectivity index (χ3v) is 6.17. The Bertz CT molecular complexity index is 922. The molecular formula is C29H33F. The molecule has 0 saturated heterocycles. The fourth-order valence-corrected chi connectivity index (χ4v) is 4.37. The number of benzene rings is 2. The van der Waals surface area contributed by atoms with Crippen LogP contribution in [0.25, 0.3) is 0 Å². The minimum atomic E-state index is -0.211. The van der Waals surface area contributed by atoms with Crippen LogP contribution >= 0.6 is 0 Å². The van der Waals surface area contributed by atoms with E-state index >= 15 is 0 Å². The van der Waals surface area contributed by atoms with Crippen molar-refractivity contribution in [1.82, 2.24) is 0 Å². The Hall–Kier alpha value is -2.51. The largest absolute Gasteiger partial charge is 0.206 e. The van der Waals surface area contributed by atoms with Crippen molar-refractivity contribution in [2.45, 2.75) is 71.6 Å². The highest BCUT2D eigenvalue weighted by molar-refractivity contribution is 5.46. The van der Waals surface area contributed by atoms with Gasteiger partial charge < -0.3 is 0 Å². The number of rotatable bonds is 5. The molecule has 0 N–H and O–H groups in total. The molecule has 0 aliphatic heterocycles. The summed E-state index contributed by atoms with van der Waals surface area (Å²) in [6.07, 6.45) is 11.1. The molecule has 1 aliphatic rings. The second kappa shape index (κ2) is 11.6. The van der Waals surface area contributed by atoms with Crippen molar-refractivity contribution in [3.8, 4) is 23.7 Å². The smallest absolute Gasteiger partial charge is 0.139 e. The quantitative estimate of drug-likeness (QED) is 0.455. The number of hydrogen-bond donors (Lipinski definition) is 0. The molecule has 3 rings (SSSR count). The second-order valence-corrected chi connectivity index (χ2v) is 8.51. The molecule has 2 aromatic rings. The Morgan fingerprint density at radius 1 is 0.800 bits per heavy atom. The van der Waals surface area contributed by atoms with Crippen molar-refractivity contribution >= 4 is 0 Å². The van der Waals surface area contributed by atoms with E-state index in [0.29, 0.717) is 5.56 Å². The zero-order chi connectivity index (χ0) is 21.2. The van der Waals surface area contributed by atoms with Crippen LogP contribution in [0.15, 0.2) is 42.5 Å². The normalized spacial score (nSPS) is 18.1. The Balaban J connectivity index is 1.54. The van der Waals surface area contributed by atoms with Crippen LogP contribution in [-0.2, 0) is 6.42 Å². The first-order valence-corrected chi connectivity index (χ1v) is 11.6. The summed E-state index contributed by atoms with van der Waals surface area (Å²) in [5.74, 6) is 13.7. The third kappa shape index (κ3) is 6.78. The van der Waals surface area contributed by atoms with Crippen molar-refractivity contribution in [1.29, 1.82) is 0 Å². The first-order valence-electron chi connectivity index (χ1n) is 11.6. The van der Waals surface area contributed by atoms with Gasteiger partial charge in [0, 0.05) is 17.5 Å². The number of halogens is 1. The van der Waals surface area contributed by atoms with E-state index in [9.17, 15) is 4.39 Å². The fraction of sp³-hybridized carbons (Fsp3) is 0.448. The van der Waals surface area contributed by atoms with Crippen LogP contribution in [0.3, 0.4) is 0 Å². The highest BCUT2D eigenvalue weighted by atomic mass is 19.1. The summed E-state index contributed by atoms with van der Waals surface area (Å²) in [6.45, 7) is 4.32. The van der Waals surface area contributed by atoms with Crippen molar-refractivity contribution in [3.05, 3.63) is 70.5 Å². The Labute approximate surface area is 182 Å². The topological polar surface area (TPSA) is 0 Å². The monoisotopic (exact) mass is 400 g/mol. The maximum Gasteiger partial charge on any atom is 0.139 e. The maximum atomic E-state index is 14.5. The molecule has 30 heavy (non-hydrogen) atoms. The van der Waals surface area contributed by atoms with E-state index in [-0.39, 0.29) is 5.82 Å². The summed E-state index contributed by atoms with van der Waals surface area (Å²) >= 11 is 0. The first-order chi connectivity index (χ1) is 14.7. The van der Waals surface area contributed by atoms with Gasteiger partial charge in [-0.1, -0.05) is 82.1 Å². The van der Waals surface area contributed by atoms with Gasteiger partial charge in [-0.3, -0.25) is 0 Å². The predicted molar refractivity (Wildman–Crippen MR) is 125 cm³/mol. The van der Waals surface area contributed by atoms with E-state index in [2.05, 4.69) is 30.6 Å². The summed E-state index contributed by atoms with van der Waals surface area (Å²) < 4.78 is 14.5. The molecule has 1 heteroatoms. The van der Waals surface area contributed by atoms with E-state index in [1.807, 2.05) is 43.3 Å². The van der Waals surface area contributed by atoms with Gasteiger partial charge in [0.15, 0.2) is 0 Å². The molecule has 2 aromatic carbocycles. The van der Waals surface area contributed by atoms with Crippen molar-refractivity contribution < 1.29 is 4.39 Å². The number of aryl methyl sites for hydroxylation is 1. The lowest BCUT2D eigenvalue weighted by Crippen LogP contribution is -2.15. The van der Waals surface area contributed by atoms with Crippen LogP contribution in [0, 0.1) is 41.3 Å². The first kappa shape index (κ1) is 22.2. The number of hydrogen-bond acceptors (Lipinski definition) is 0. The van der Waals surface area contributed by atoms with Crippen LogP contribution in [0.2, 0.25) is 0 Å². The summed E-state index contributed by atoms with van der Waals surface area (Å²) in [5.41, 5.74) is 3.41. The second-order valence-electron chi connectivity index (χ2n) is 8.51. The van der Waals surface area contributed by atoms with Crippen LogP contribution in [0.4, 0.5) is 4.39 Å². The molecule has 156 valence electrons. The average Bonchev–Trinajstić information content (AvgIpc) is 2.77. The minimum absolute atomic E-state index is 0.211. The molecule has 0 nitrogen and oxygen atoms in total. The van der Waals surface area contributed by atoms with Gasteiger partial charge in [0.25, 0.3) is 0 Å². The molecule has 0 aromatic heterocycles. The van der Waals surface area contributed by atoms with Crippen molar-refractivity contribution in [2.75, 3.05) is 0 Å². The summed E-state index contributed by atoms with van der Waals surface area (Å²) in [4.78, 5) is 0. The highest BCUT2D eigenvalue weighted by Crippen LogP contribution is 2.33. The van der Waals surface area contributed by atoms with Gasteiger partial charge in [-0.05, 0) is 66.6 Å². The third-order valence-electron chi connectivity index (χ3n) is 6.17. The van der Waals surface area contributed by atoms with E-state index in [0.717, 1.165) is 41.4 Å². The van der Waals surface area contributed by atoms with Crippen LogP contribution in [-0.4, -0.2) is 0 Å². The maximum absolute atomic E-state index is 14.5. The van der Waals surface area contributed by atoms with Crippen molar-refractivity contribution in [3.63, 3.8) is 0 Å². The predicted octanol–water partition coefficient (Wildman–Crippen LogP) is 7.53. The molecule has 0 heterocycles. The van der Waals surface area contributed by atoms with Crippen LogP contribution in [0.1, 0.15) is 87.5 Å². The average molecular weight is 401 g/mol. The minimum Gasteiger partial charge on any atom is -0.206 e. The fourth-order valence-electron chi connectivity index (χ4n) is 4.37. The zero-order valence-electron chi connectivity index (χ0n) is 18.4. The lowest BCUT2D eigenvalue weighted by molar-refractivity contribution is 0.252. The van der Waals surface area contributed by atoms with Gasteiger partial charge in [0.1, 0.15) is 5.82 Å². The molecule has 1 aliphatic carbocycles. The van der Waals surface area contributed by atoms with Gasteiger partial charge in [-0.15, -0.1) is 0 Å². The van der Waals surface area contributed by atoms with Gasteiger partial charge in [-0.2, -0.15) is 0 Å². The van der Waals surface area contributed by atoms with Gasteiger partial charge in [0.2, 0.25) is 0 Å². The SMILES string of the molecule is CCC#Cc1ccc(C#Cc2ccc(CCC3CCC(CCC)CC3)cc2F)cc1. The van der Waals surface area contributed by atoms with Crippen molar-refractivity contribution in [2.24, 2.45) is 11.8 Å². The molecule has 1 fully saturated rings. The highest BCUT2D eigenvalue weighted by Gasteiger charge is 2.20. The van der Waals surface area contributed by atoms with Gasteiger partial charge in [0.05, 0.1) is 5.56 Å². The molecule has 0 bridgehead atoms. The Morgan fingerprint density at radius 3 is 2.03 bits per heavy atom. The zero-order valence-corrected chi connectivity index (χ0v) is 18.4. The summed E-state index contributed by atoms with van der Waals surface area (Å²) in [5, 5.41) is 0. The Morgan fingerprint density at radius 2 is 1.43 bits per heavy atom. The molecular weight excluding hydrogens is 367 g/mol. The Kier molecular flexibility index (Phi) is 8.59. The molecule has 0 radical (unpaired) electrons. The van der Waals surface area contributed by atoms with Crippen LogP contribution < -0.4 is 0 Å². The van der Waals surface area contributed by atoms with E-state index in [1.54, 1.807) is 6.07 Å². The van der Waals surface area contributed by atoms with Crippen LogP contribution in [0.5, 0.6) is 0 Å². The molecule has 0 atom stereocenters. The standard InChI is InChI=1S/C29H33F/c1-3-5-7-24-10-14-26(15-11-24)18-20-28-21-19-27(22-29(28)30)17-16-25-12-8-23(6-4-2)9-13-25/h10-11,14-15,19,21-23,25H,3-4,6,8-9,12-13,16-17H2,1-2H3. The molecule has 1 saturated carbocycles. The van der Waals surface area contributed by atoms with E-state index < -0.39 is 0 Å². The van der Waals surface area contributed by atoms with E-state index in [4.69, 9.17) is 0 Å². The lowest BCUT2D eigenvalue weighted by Gasteiger charge is -2.28. The summed E-state index contributed by atoms with van der Waals surface area (Å²) in [7, 11) is 0. The molecule has 0 unspecified atom stereocenters. The molecule has 0 spiro atoms. The lowest BCUT2D eigenvalue weighted by atomic mass is 9.78. The van der Waals surface area contributed by atoms with E-state index in [1.165, 1.54) is 44.9 Å².